The van der Waals surface area contributed by atoms with E-state index in [1.807, 2.05) is 0 Å². The molecule has 150 valence electrons. The fourth-order valence-electron chi connectivity index (χ4n) is 2.97. The molecule has 0 unspecified atom stereocenters. The summed E-state index contributed by atoms with van der Waals surface area (Å²) in [5, 5.41) is 0. The topological polar surface area (TPSA) is 66.5 Å². The van der Waals surface area contributed by atoms with Crippen LogP contribution in [0.15, 0.2) is 53.4 Å². The van der Waals surface area contributed by atoms with Crippen LogP contribution in [-0.4, -0.2) is 32.3 Å². The highest BCUT2D eigenvalue weighted by molar-refractivity contribution is 7.89. The predicted octanol–water partition coefficient (Wildman–Crippen LogP) is 3.42. The van der Waals surface area contributed by atoms with Gasteiger partial charge < -0.3 is 4.90 Å². The Morgan fingerprint density at radius 1 is 1.04 bits per heavy atom. The van der Waals surface area contributed by atoms with Gasteiger partial charge in [-0.1, -0.05) is 18.2 Å². The molecule has 2 aromatic carbocycles. The lowest BCUT2D eigenvalue weighted by atomic mass is 10.1. The first kappa shape index (κ1) is 20.3. The summed E-state index contributed by atoms with van der Waals surface area (Å²) in [5.41, 5.74) is 0.0834. The van der Waals surface area contributed by atoms with E-state index in [1.54, 1.807) is 29.2 Å². The number of alkyl halides is 3. The van der Waals surface area contributed by atoms with Crippen LogP contribution in [0.3, 0.4) is 0 Å². The Morgan fingerprint density at radius 3 is 2.29 bits per heavy atom. The minimum absolute atomic E-state index is 0.0615. The number of amides is 1. The Morgan fingerprint density at radius 2 is 1.68 bits per heavy atom. The minimum Gasteiger partial charge on any atom is -0.339 e. The van der Waals surface area contributed by atoms with E-state index in [0.29, 0.717) is 17.2 Å². The van der Waals surface area contributed by atoms with Gasteiger partial charge in [-0.15, -0.1) is 0 Å². The SMILES string of the molecule is O=C(c1ccc(CNS(=O)(=O)c2cccc(C(F)(F)F)c2)cc1)N1CCCC1. The third-order valence-electron chi connectivity index (χ3n) is 4.53. The number of benzene rings is 2. The van der Waals surface area contributed by atoms with Gasteiger partial charge in [0.1, 0.15) is 0 Å². The summed E-state index contributed by atoms with van der Waals surface area (Å²) in [7, 11) is -4.11. The fourth-order valence-corrected chi connectivity index (χ4v) is 4.03. The van der Waals surface area contributed by atoms with E-state index >= 15 is 0 Å². The number of likely N-dealkylation sites (tertiary alicyclic amines) is 1. The molecule has 1 aliphatic heterocycles. The lowest BCUT2D eigenvalue weighted by Crippen LogP contribution is -2.27. The van der Waals surface area contributed by atoms with Crippen molar-refractivity contribution < 1.29 is 26.4 Å². The molecule has 28 heavy (non-hydrogen) atoms. The van der Waals surface area contributed by atoms with Crippen LogP contribution in [0.2, 0.25) is 0 Å². The molecule has 1 aliphatic rings. The standard InChI is InChI=1S/C19H19F3N2O3S/c20-19(21,22)16-4-3-5-17(12-16)28(26,27)23-13-14-6-8-15(9-7-14)18(25)24-10-1-2-11-24/h3-9,12,23H,1-2,10-11,13H2. The first-order valence-corrected chi connectivity index (χ1v) is 10.2. The van der Waals surface area contributed by atoms with Crippen LogP contribution in [0, 0.1) is 0 Å². The zero-order valence-corrected chi connectivity index (χ0v) is 15.7. The molecule has 1 N–H and O–H groups in total. The number of nitrogens with one attached hydrogen (secondary N) is 1. The summed E-state index contributed by atoms with van der Waals surface area (Å²) in [4.78, 5) is 13.6. The van der Waals surface area contributed by atoms with Gasteiger partial charge in [-0.25, -0.2) is 13.1 Å². The van der Waals surface area contributed by atoms with Crippen LogP contribution in [0.5, 0.6) is 0 Å². The molecule has 1 fully saturated rings. The van der Waals surface area contributed by atoms with Crippen molar-refractivity contribution in [1.29, 1.82) is 0 Å². The molecule has 1 amide bonds. The Labute approximate surface area is 161 Å². The van der Waals surface area contributed by atoms with E-state index in [0.717, 1.165) is 44.1 Å². The van der Waals surface area contributed by atoms with Gasteiger partial charge in [0.15, 0.2) is 0 Å². The summed E-state index contributed by atoms with van der Waals surface area (Å²) < 4.78 is 65.2. The van der Waals surface area contributed by atoms with E-state index in [9.17, 15) is 26.4 Å². The molecule has 9 heteroatoms. The number of rotatable bonds is 5. The maximum Gasteiger partial charge on any atom is 0.416 e. The lowest BCUT2D eigenvalue weighted by Gasteiger charge is -2.15. The van der Waals surface area contributed by atoms with Gasteiger partial charge in [-0.05, 0) is 48.7 Å². The van der Waals surface area contributed by atoms with Gasteiger partial charge >= 0.3 is 6.18 Å². The number of carbonyl (C=O) groups is 1. The molecule has 0 aliphatic carbocycles. The maximum absolute atomic E-state index is 12.8. The summed E-state index contributed by atoms with van der Waals surface area (Å²) in [5.74, 6) is -0.0615. The Bertz CT molecular complexity index is 951. The van der Waals surface area contributed by atoms with Crippen molar-refractivity contribution in [1.82, 2.24) is 9.62 Å². The smallest absolute Gasteiger partial charge is 0.339 e. The molecule has 1 heterocycles. The van der Waals surface area contributed by atoms with Gasteiger partial charge in [0, 0.05) is 25.2 Å². The molecule has 0 saturated carbocycles. The molecule has 0 atom stereocenters. The average molecular weight is 412 g/mol. The molecule has 1 saturated heterocycles. The first-order valence-electron chi connectivity index (χ1n) is 8.72. The highest BCUT2D eigenvalue weighted by Crippen LogP contribution is 2.30. The molecular weight excluding hydrogens is 393 g/mol. The normalized spacial score (nSPS) is 15.0. The zero-order valence-electron chi connectivity index (χ0n) is 14.9. The zero-order chi connectivity index (χ0) is 20.4. The van der Waals surface area contributed by atoms with Crippen LogP contribution in [-0.2, 0) is 22.7 Å². The number of sulfonamides is 1. The van der Waals surface area contributed by atoms with Crippen molar-refractivity contribution in [3.63, 3.8) is 0 Å². The predicted molar refractivity (Wildman–Crippen MR) is 97.0 cm³/mol. The van der Waals surface area contributed by atoms with E-state index in [-0.39, 0.29) is 12.5 Å². The number of hydrogen-bond acceptors (Lipinski definition) is 3. The fraction of sp³-hybridized carbons (Fsp3) is 0.316. The minimum atomic E-state index is -4.62. The molecule has 5 nitrogen and oxygen atoms in total. The van der Waals surface area contributed by atoms with Gasteiger partial charge in [0.25, 0.3) is 5.91 Å². The van der Waals surface area contributed by atoms with E-state index in [4.69, 9.17) is 0 Å². The highest BCUT2D eigenvalue weighted by Gasteiger charge is 2.31. The Balaban J connectivity index is 1.67. The second-order valence-corrected chi connectivity index (χ2v) is 8.31. The molecule has 0 bridgehead atoms. The molecule has 0 spiro atoms. The third-order valence-corrected chi connectivity index (χ3v) is 5.93. The quantitative estimate of drug-likeness (QED) is 0.818. The van der Waals surface area contributed by atoms with Crippen molar-refractivity contribution in [2.24, 2.45) is 0 Å². The molecule has 2 aromatic rings. The lowest BCUT2D eigenvalue weighted by molar-refractivity contribution is -0.137. The van der Waals surface area contributed by atoms with Crippen molar-refractivity contribution >= 4 is 15.9 Å². The summed E-state index contributed by atoms with van der Waals surface area (Å²) in [6.45, 7) is 1.37. The van der Waals surface area contributed by atoms with E-state index in [2.05, 4.69) is 4.72 Å². The second kappa shape index (κ2) is 7.92. The number of halogens is 3. The van der Waals surface area contributed by atoms with E-state index < -0.39 is 26.7 Å². The Kier molecular flexibility index (Phi) is 5.76. The van der Waals surface area contributed by atoms with Crippen LogP contribution < -0.4 is 4.72 Å². The van der Waals surface area contributed by atoms with Crippen molar-refractivity contribution in [3.05, 3.63) is 65.2 Å². The van der Waals surface area contributed by atoms with Crippen LogP contribution >= 0.6 is 0 Å². The number of hydrogen-bond donors (Lipinski definition) is 1. The maximum atomic E-state index is 12.8. The number of carbonyl (C=O) groups excluding carboxylic acids is 1. The highest BCUT2D eigenvalue weighted by atomic mass is 32.2. The van der Waals surface area contributed by atoms with Gasteiger partial charge in [-0.3, -0.25) is 4.79 Å². The van der Waals surface area contributed by atoms with Gasteiger partial charge in [0.2, 0.25) is 10.0 Å². The third kappa shape index (κ3) is 4.71. The van der Waals surface area contributed by atoms with Crippen LogP contribution in [0.1, 0.15) is 34.3 Å². The first-order chi connectivity index (χ1) is 13.2. The van der Waals surface area contributed by atoms with Gasteiger partial charge in [0.05, 0.1) is 10.5 Å². The van der Waals surface area contributed by atoms with Gasteiger partial charge in [-0.2, -0.15) is 13.2 Å². The number of nitrogens with zero attached hydrogens (tertiary/aromatic N) is 1. The monoisotopic (exact) mass is 412 g/mol. The van der Waals surface area contributed by atoms with Crippen molar-refractivity contribution in [2.75, 3.05) is 13.1 Å². The van der Waals surface area contributed by atoms with E-state index in [1.165, 1.54) is 0 Å². The second-order valence-electron chi connectivity index (χ2n) is 6.55. The molecule has 0 radical (unpaired) electrons. The molecule has 0 aromatic heterocycles. The molecular formula is C19H19F3N2O3S. The van der Waals surface area contributed by atoms with Crippen molar-refractivity contribution in [3.8, 4) is 0 Å². The van der Waals surface area contributed by atoms with Crippen molar-refractivity contribution in [2.45, 2.75) is 30.5 Å². The summed E-state index contributed by atoms with van der Waals surface area (Å²) >= 11 is 0. The summed E-state index contributed by atoms with van der Waals surface area (Å²) in [6.07, 6.45) is -2.65. The average Bonchev–Trinajstić information content (AvgIpc) is 3.20. The largest absolute Gasteiger partial charge is 0.416 e. The van der Waals surface area contributed by atoms with Crippen LogP contribution in [0.25, 0.3) is 0 Å². The summed E-state index contributed by atoms with van der Waals surface area (Å²) in [6, 6.07) is 10.1. The van der Waals surface area contributed by atoms with Crippen LogP contribution in [0.4, 0.5) is 13.2 Å². The molecule has 3 rings (SSSR count). The Hall–Kier alpha value is -2.39.